The highest BCUT2D eigenvalue weighted by molar-refractivity contribution is 5.71. The quantitative estimate of drug-likeness (QED) is 0.0261. The topological polar surface area (TPSA) is 78.9 Å². The Hall–Kier alpha value is -2.63. The summed E-state index contributed by atoms with van der Waals surface area (Å²) in [7, 11) is 0. The summed E-state index contributed by atoms with van der Waals surface area (Å²) in [5.74, 6) is -0.866. The first-order valence-corrected chi connectivity index (χ1v) is 36.6. The molecule has 0 aromatic heterocycles. The minimum absolute atomic E-state index is 0.0744. The third-order valence-corrected chi connectivity index (χ3v) is 16.5. The first-order valence-electron chi connectivity index (χ1n) is 36.6. The molecule has 0 aliphatic rings. The van der Waals surface area contributed by atoms with Crippen molar-refractivity contribution in [2.75, 3.05) is 13.2 Å². The number of hydrogen-bond donors (Lipinski definition) is 0. The fourth-order valence-electron chi connectivity index (χ4n) is 11.0. The average molecular weight is 1150 g/mol. The Bertz CT molecular complexity index is 1410. The molecular formula is C76H140O6. The van der Waals surface area contributed by atoms with Crippen molar-refractivity contribution in [3.8, 4) is 0 Å². The second kappa shape index (κ2) is 70.9. The van der Waals surface area contributed by atoms with Gasteiger partial charge in [0.05, 0.1) is 0 Å². The van der Waals surface area contributed by atoms with Gasteiger partial charge in [-0.25, -0.2) is 0 Å². The highest BCUT2D eigenvalue weighted by Crippen LogP contribution is 2.18. The third-order valence-electron chi connectivity index (χ3n) is 16.5. The minimum atomic E-state index is -0.780. The van der Waals surface area contributed by atoms with Crippen molar-refractivity contribution in [2.45, 2.75) is 406 Å². The lowest BCUT2D eigenvalue weighted by Gasteiger charge is -2.18. The van der Waals surface area contributed by atoms with Crippen LogP contribution >= 0.6 is 0 Å². The molecule has 1 unspecified atom stereocenters. The molecule has 0 bridgehead atoms. The highest BCUT2D eigenvalue weighted by atomic mass is 16.6. The lowest BCUT2D eigenvalue weighted by Crippen LogP contribution is -2.30. The first kappa shape index (κ1) is 79.4. The van der Waals surface area contributed by atoms with Gasteiger partial charge in [-0.2, -0.15) is 0 Å². The molecule has 0 aromatic rings. The third kappa shape index (κ3) is 68.2. The van der Waals surface area contributed by atoms with Gasteiger partial charge in [-0.1, -0.05) is 326 Å². The van der Waals surface area contributed by atoms with Gasteiger partial charge in [0, 0.05) is 19.3 Å². The van der Waals surface area contributed by atoms with E-state index in [9.17, 15) is 14.4 Å². The van der Waals surface area contributed by atoms with E-state index in [1.165, 1.54) is 283 Å². The summed E-state index contributed by atoms with van der Waals surface area (Å²) in [6, 6.07) is 0. The monoisotopic (exact) mass is 1150 g/mol. The van der Waals surface area contributed by atoms with Crippen LogP contribution in [-0.4, -0.2) is 37.2 Å². The van der Waals surface area contributed by atoms with Crippen LogP contribution in [0.2, 0.25) is 0 Å². The molecule has 0 heterocycles. The van der Waals surface area contributed by atoms with Gasteiger partial charge in [-0.15, -0.1) is 0 Å². The number of allylic oxidation sites excluding steroid dienone is 8. The Morgan fingerprint density at radius 2 is 0.439 bits per heavy atom. The van der Waals surface area contributed by atoms with Crippen LogP contribution in [0, 0.1) is 0 Å². The average Bonchev–Trinajstić information content (AvgIpc) is 3.47. The van der Waals surface area contributed by atoms with Gasteiger partial charge in [0.2, 0.25) is 0 Å². The van der Waals surface area contributed by atoms with Crippen molar-refractivity contribution in [1.29, 1.82) is 0 Å². The zero-order valence-electron chi connectivity index (χ0n) is 55.3. The zero-order valence-corrected chi connectivity index (χ0v) is 55.3. The van der Waals surface area contributed by atoms with Crippen LogP contribution < -0.4 is 0 Å². The largest absolute Gasteiger partial charge is 0.462 e. The molecular weight excluding hydrogens is 1010 g/mol. The van der Waals surface area contributed by atoms with E-state index in [2.05, 4.69) is 69.4 Å². The van der Waals surface area contributed by atoms with Crippen molar-refractivity contribution in [3.05, 3.63) is 48.6 Å². The Morgan fingerprint density at radius 1 is 0.244 bits per heavy atom. The van der Waals surface area contributed by atoms with Gasteiger partial charge in [0.25, 0.3) is 0 Å². The number of unbranched alkanes of at least 4 members (excludes halogenated alkanes) is 49. The normalized spacial score (nSPS) is 12.3. The second-order valence-corrected chi connectivity index (χ2v) is 24.8. The number of carbonyl (C=O) groups excluding carboxylic acids is 3. The van der Waals surface area contributed by atoms with Gasteiger partial charge in [-0.05, 0) is 103 Å². The van der Waals surface area contributed by atoms with Crippen molar-refractivity contribution in [3.63, 3.8) is 0 Å². The SMILES string of the molecule is CCCCCCC/C=C\C/C=C\CCCCCCCCCCCCCCCCCCCCCCCC(=O)OCC(COC(=O)CCCCCCC/C=C\CCCCCCCC)OC(=O)CCCCCCC/C=C\CCCCCCCCC. The van der Waals surface area contributed by atoms with Gasteiger partial charge in [0.15, 0.2) is 6.10 Å². The van der Waals surface area contributed by atoms with Gasteiger partial charge in [0.1, 0.15) is 13.2 Å². The zero-order chi connectivity index (χ0) is 59.2. The number of hydrogen-bond acceptors (Lipinski definition) is 6. The van der Waals surface area contributed by atoms with E-state index in [0.29, 0.717) is 19.3 Å². The molecule has 6 nitrogen and oxygen atoms in total. The molecule has 0 aliphatic heterocycles. The summed E-state index contributed by atoms with van der Waals surface area (Å²) < 4.78 is 17.0. The van der Waals surface area contributed by atoms with Crippen LogP contribution in [0.1, 0.15) is 400 Å². The standard InChI is InChI=1S/C76H140O6/c1-4-7-10-13-16-19-22-25-28-30-31-32-33-34-35-36-37-38-39-40-41-42-43-44-45-46-49-51-54-57-60-63-66-69-75(78)81-72-73(71-80-74(77)68-65-62-59-56-53-50-47-27-24-21-18-15-12-9-6-3)82-76(79)70-67-64-61-58-55-52-48-29-26-23-20-17-14-11-8-5-2/h22,25,27,29-31,47-48,73H,4-21,23-24,26,28,32-46,49-72H2,1-3H3/b25-22-,31-30-,47-27-,48-29-. The number of esters is 3. The molecule has 0 amide bonds. The van der Waals surface area contributed by atoms with Gasteiger partial charge < -0.3 is 14.2 Å². The van der Waals surface area contributed by atoms with Crippen LogP contribution in [0.3, 0.4) is 0 Å². The second-order valence-electron chi connectivity index (χ2n) is 24.8. The molecule has 0 saturated carbocycles. The highest BCUT2D eigenvalue weighted by Gasteiger charge is 2.19. The van der Waals surface area contributed by atoms with Crippen LogP contribution in [0.15, 0.2) is 48.6 Å². The lowest BCUT2D eigenvalue weighted by molar-refractivity contribution is -0.167. The number of ether oxygens (including phenoxy) is 3. The Labute approximate surface area is 511 Å². The predicted molar refractivity (Wildman–Crippen MR) is 358 cm³/mol. The van der Waals surface area contributed by atoms with E-state index in [1.54, 1.807) is 0 Å². The van der Waals surface area contributed by atoms with Crippen LogP contribution in [-0.2, 0) is 28.6 Å². The summed E-state index contributed by atoms with van der Waals surface area (Å²) in [4.78, 5) is 38.4. The molecule has 82 heavy (non-hydrogen) atoms. The van der Waals surface area contributed by atoms with E-state index in [-0.39, 0.29) is 31.1 Å². The predicted octanol–water partition coefficient (Wildman–Crippen LogP) is 25.3. The summed E-state index contributed by atoms with van der Waals surface area (Å²) in [6.07, 6.45) is 90.1. The Morgan fingerprint density at radius 3 is 0.683 bits per heavy atom. The molecule has 1 atom stereocenters. The van der Waals surface area contributed by atoms with Gasteiger partial charge in [-0.3, -0.25) is 14.4 Å². The molecule has 0 aliphatic carbocycles. The molecule has 6 heteroatoms. The summed E-state index contributed by atoms with van der Waals surface area (Å²) in [5.41, 5.74) is 0. The molecule has 0 rings (SSSR count). The van der Waals surface area contributed by atoms with Crippen molar-refractivity contribution >= 4 is 17.9 Å². The van der Waals surface area contributed by atoms with Crippen LogP contribution in [0.5, 0.6) is 0 Å². The maximum absolute atomic E-state index is 12.9. The maximum Gasteiger partial charge on any atom is 0.306 e. The molecule has 0 saturated heterocycles. The fourth-order valence-corrected chi connectivity index (χ4v) is 11.0. The van der Waals surface area contributed by atoms with E-state index in [4.69, 9.17) is 14.2 Å². The molecule has 0 radical (unpaired) electrons. The molecule has 0 fully saturated rings. The minimum Gasteiger partial charge on any atom is -0.462 e. The van der Waals surface area contributed by atoms with E-state index in [0.717, 1.165) is 77.0 Å². The smallest absolute Gasteiger partial charge is 0.306 e. The van der Waals surface area contributed by atoms with E-state index >= 15 is 0 Å². The first-order chi connectivity index (χ1) is 40.5. The van der Waals surface area contributed by atoms with E-state index in [1.807, 2.05) is 0 Å². The van der Waals surface area contributed by atoms with Gasteiger partial charge >= 0.3 is 17.9 Å². The molecule has 0 N–H and O–H groups in total. The maximum atomic E-state index is 12.9. The summed E-state index contributed by atoms with van der Waals surface area (Å²) >= 11 is 0. The number of rotatable bonds is 68. The molecule has 0 spiro atoms. The Balaban J connectivity index is 4.14. The van der Waals surface area contributed by atoms with Crippen molar-refractivity contribution < 1.29 is 28.6 Å². The number of carbonyl (C=O) groups is 3. The Kier molecular flexibility index (Phi) is 68.6. The van der Waals surface area contributed by atoms with E-state index < -0.39 is 6.10 Å². The molecule has 480 valence electrons. The van der Waals surface area contributed by atoms with Crippen LogP contribution in [0.25, 0.3) is 0 Å². The van der Waals surface area contributed by atoms with Crippen molar-refractivity contribution in [1.82, 2.24) is 0 Å². The fraction of sp³-hybridized carbons (Fsp3) is 0.855. The molecule has 0 aromatic carbocycles. The lowest BCUT2D eigenvalue weighted by atomic mass is 10.0. The summed E-state index contributed by atoms with van der Waals surface area (Å²) in [6.45, 7) is 6.67. The van der Waals surface area contributed by atoms with Crippen molar-refractivity contribution in [2.24, 2.45) is 0 Å². The van der Waals surface area contributed by atoms with Crippen LogP contribution in [0.4, 0.5) is 0 Å². The summed E-state index contributed by atoms with van der Waals surface area (Å²) in [5, 5.41) is 0.